The lowest BCUT2D eigenvalue weighted by molar-refractivity contribution is -0.113. The fraction of sp³-hybridized carbons (Fsp3) is 0.118. The van der Waals surface area contributed by atoms with Gasteiger partial charge >= 0.3 is 0 Å². The molecule has 4 nitrogen and oxygen atoms in total. The van der Waals surface area contributed by atoms with Crippen molar-refractivity contribution < 1.29 is 17.6 Å². The quantitative estimate of drug-likeness (QED) is 0.851. The number of carbonyl (C=O) groups is 1. The van der Waals surface area contributed by atoms with Crippen LogP contribution < -0.4 is 5.32 Å². The number of carbonyl (C=O) groups excluding carboxylic acids is 1. The molecule has 0 amide bonds. The van der Waals surface area contributed by atoms with E-state index in [4.69, 9.17) is 0 Å². The molecule has 0 aromatic heterocycles. The molecule has 0 bridgehead atoms. The van der Waals surface area contributed by atoms with Gasteiger partial charge in [-0.1, -0.05) is 17.7 Å². The van der Waals surface area contributed by atoms with Gasteiger partial charge in [-0.2, -0.15) is 0 Å². The van der Waals surface area contributed by atoms with Crippen LogP contribution >= 0.6 is 0 Å². The smallest absolute Gasteiger partial charge is 0.211 e. The molecule has 2 rings (SSSR count). The zero-order valence-electron chi connectivity index (χ0n) is 12.7. The van der Waals surface area contributed by atoms with Gasteiger partial charge in [-0.25, -0.2) is 12.8 Å². The van der Waals surface area contributed by atoms with E-state index >= 15 is 0 Å². The molecule has 0 aliphatic rings. The largest absolute Gasteiger partial charge is 0.360 e. The molecule has 0 aliphatic carbocycles. The van der Waals surface area contributed by atoms with Crippen LogP contribution in [0, 0.1) is 12.7 Å². The molecule has 0 heterocycles. The van der Waals surface area contributed by atoms with Gasteiger partial charge in [0, 0.05) is 11.9 Å². The van der Waals surface area contributed by atoms with E-state index in [9.17, 15) is 17.6 Å². The Morgan fingerprint density at radius 3 is 2.13 bits per heavy atom. The number of ketones is 1. The topological polar surface area (TPSA) is 63.2 Å². The van der Waals surface area contributed by atoms with Crippen LogP contribution in [-0.4, -0.2) is 14.2 Å². The number of halogens is 1. The summed E-state index contributed by atoms with van der Waals surface area (Å²) in [5.74, 6) is -0.987. The number of sulfone groups is 1. The first-order chi connectivity index (χ1) is 10.8. The fourth-order valence-corrected chi connectivity index (χ4v) is 3.25. The van der Waals surface area contributed by atoms with Crippen molar-refractivity contribution in [1.82, 2.24) is 0 Å². The highest BCUT2D eigenvalue weighted by Crippen LogP contribution is 2.21. The van der Waals surface area contributed by atoms with Crippen molar-refractivity contribution in [2.75, 3.05) is 5.32 Å². The number of hydrogen-bond acceptors (Lipinski definition) is 4. The maximum Gasteiger partial charge on any atom is 0.211 e. The molecule has 0 saturated carbocycles. The number of hydrogen-bond donors (Lipinski definition) is 1. The summed E-state index contributed by atoms with van der Waals surface area (Å²) in [6, 6.07) is 11.6. The lowest BCUT2D eigenvalue weighted by Gasteiger charge is -2.08. The summed E-state index contributed by atoms with van der Waals surface area (Å²) in [6.45, 7) is 3.03. The summed E-state index contributed by atoms with van der Waals surface area (Å²) < 4.78 is 38.0. The number of allylic oxidation sites excluding steroid dienone is 1. The van der Waals surface area contributed by atoms with Crippen LogP contribution in [0.2, 0.25) is 0 Å². The first kappa shape index (κ1) is 16.9. The molecule has 0 spiro atoms. The second-order valence-corrected chi connectivity index (χ2v) is 6.95. The van der Waals surface area contributed by atoms with Gasteiger partial charge < -0.3 is 5.32 Å². The van der Waals surface area contributed by atoms with Crippen LogP contribution in [0.5, 0.6) is 0 Å². The molecular weight excluding hydrogens is 317 g/mol. The predicted molar refractivity (Wildman–Crippen MR) is 87.2 cm³/mol. The summed E-state index contributed by atoms with van der Waals surface area (Å²) >= 11 is 0. The van der Waals surface area contributed by atoms with Crippen LogP contribution in [0.1, 0.15) is 12.5 Å². The third kappa shape index (κ3) is 4.04. The Hall–Kier alpha value is -2.47. The molecule has 0 fully saturated rings. The van der Waals surface area contributed by atoms with Gasteiger partial charge in [0.1, 0.15) is 10.7 Å². The van der Waals surface area contributed by atoms with E-state index in [0.717, 1.165) is 11.8 Å². The number of anilines is 1. The molecule has 2 aromatic rings. The van der Waals surface area contributed by atoms with E-state index < -0.39 is 21.4 Å². The standard InChI is InChI=1S/C17H16FNO3S/c1-12-3-9-16(10-4-12)23(21,22)17(13(2)20)11-19-15-7-5-14(18)6-8-15/h3-11,19H,1-2H3/b17-11+. The zero-order valence-corrected chi connectivity index (χ0v) is 13.5. The highest BCUT2D eigenvalue weighted by atomic mass is 32.2. The van der Waals surface area contributed by atoms with Crippen LogP contribution in [0.25, 0.3) is 0 Å². The average Bonchev–Trinajstić information content (AvgIpc) is 2.49. The third-order valence-corrected chi connectivity index (χ3v) is 5.06. The number of rotatable bonds is 5. The second-order valence-electron chi connectivity index (χ2n) is 5.03. The minimum Gasteiger partial charge on any atom is -0.360 e. The van der Waals surface area contributed by atoms with Gasteiger partial charge in [-0.3, -0.25) is 4.79 Å². The van der Waals surface area contributed by atoms with Crippen molar-refractivity contribution in [1.29, 1.82) is 0 Å². The Kier molecular flexibility index (Phi) is 4.95. The van der Waals surface area contributed by atoms with Gasteiger partial charge in [-0.15, -0.1) is 0 Å². The minimum absolute atomic E-state index is 0.0467. The first-order valence-corrected chi connectivity index (χ1v) is 8.34. The van der Waals surface area contributed by atoms with Crippen LogP contribution in [0.15, 0.2) is 64.5 Å². The molecule has 120 valence electrons. The van der Waals surface area contributed by atoms with E-state index in [1.807, 2.05) is 6.92 Å². The monoisotopic (exact) mass is 333 g/mol. The Balaban J connectivity index is 2.37. The van der Waals surface area contributed by atoms with E-state index in [0.29, 0.717) is 5.69 Å². The van der Waals surface area contributed by atoms with Crippen molar-refractivity contribution in [2.24, 2.45) is 0 Å². The minimum atomic E-state index is -3.92. The Labute approximate surface area is 134 Å². The summed E-state index contributed by atoms with van der Waals surface area (Å²) in [6.07, 6.45) is 1.13. The third-order valence-electron chi connectivity index (χ3n) is 3.18. The summed E-state index contributed by atoms with van der Waals surface area (Å²) in [4.78, 5) is 11.4. The van der Waals surface area contributed by atoms with Gasteiger partial charge in [0.2, 0.25) is 9.84 Å². The molecule has 23 heavy (non-hydrogen) atoms. The molecule has 0 aliphatic heterocycles. The van der Waals surface area contributed by atoms with E-state index in [1.54, 1.807) is 12.1 Å². The maximum atomic E-state index is 12.9. The van der Waals surface area contributed by atoms with Crippen molar-refractivity contribution in [3.05, 3.63) is 71.0 Å². The summed E-state index contributed by atoms with van der Waals surface area (Å²) in [7, 11) is -3.92. The number of benzene rings is 2. The lowest BCUT2D eigenvalue weighted by Crippen LogP contribution is -2.13. The zero-order chi connectivity index (χ0) is 17.0. The van der Waals surface area contributed by atoms with Crippen molar-refractivity contribution in [3.8, 4) is 0 Å². The van der Waals surface area contributed by atoms with Crippen LogP contribution in [0.4, 0.5) is 10.1 Å². The Morgan fingerprint density at radius 1 is 1.04 bits per heavy atom. The van der Waals surface area contributed by atoms with Gasteiger partial charge in [0.15, 0.2) is 5.78 Å². The molecule has 0 saturated heterocycles. The highest BCUT2D eigenvalue weighted by molar-refractivity contribution is 7.96. The van der Waals surface area contributed by atoms with Crippen LogP contribution in [-0.2, 0) is 14.6 Å². The van der Waals surface area contributed by atoms with Gasteiger partial charge in [-0.05, 0) is 50.2 Å². The van der Waals surface area contributed by atoms with Gasteiger partial charge in [0.25, 0.3) is 0 Å². The second kappa shape index (κ2) is 6.75. The van der Waals surface area contributed by atoms with Crippen molar-refractivity contribution >= 4 is 21.3 Å². The molecule has 0 atom stereocenters. The van der Waals surface area contributed by atoms with E-state index in [2.05, 4.69) is 5.32 Å². The molecule has 6 heteroatoms. The van der Waals surface area contributed by atoms with E-state index in [-0.39, 0.29) is 9.80 Å². The maximum absolute atomic E-state index is 12.9. The predicted octanol–water partition coefficient (Wildman–Crippen LogP) is 3.45. The molecule has 2 aromatic carbocycles. The fourth-order valence-electron chi connectivity index (χ4n) is 1.91. The summed E-state index contributed by atoms with van der Waals surface area (Å²) in [5, 5.41) is 2.71. The summed E-state index contributed by atoms with van der Waals surface area (Å²) in [5.41, 5.74) is 1.39. The van der Waals surface area contributed by atoms with Crippen LogP contribution in [0.3, 0.4) is 0 Å². The van der Waals surface area contributed by atoms with E-state index in [1.165, 1.54) is 43.3 Å². The van der Waals surface area contributed by atoms with Crippen molar-refractivity contribution in [3.63, 3.8) is 0 Å². The normalized spacial score (nSPS) is 12.0. The number of nitrogens with one attached hydrogen (secondary N) is 1. The average molecular weight is 333 g/mol. The highest BCUT2D eigenvalue weighted by Gasteiger charge is 2.24. The Morgan fingerprint density at radius 2 is 1.61 bits per heavy atom. The van der Waals surface area contributed by atoms with Crippen molar-refractivity contribution in [2.45, 2.75) is 18.7 Å². The molecule has 0 unspecified atom stereocenters. The van der Waals surface area contributed by atoms with Gasteiger partial charge in [0.05, 0.1) is 4.90 Å². The first-order valence-electron chi connectivity index (χ1n) is 6.85. The lowest BCUT2D eigenvalue weighted by atomic mass is 10.2. The molecule has 0 radical (unpaired) electrons. The Bertz CT molecular complexity index is 838. The number of aryl methyl sites for hydroxylation is 1. The molecule has 1 N–H and O–H groups in total. The molecular formula is C17H16FNO3S. The number of Topliss-reactive ketones (excluding diaryl/α,β-unsaturated/α-hetero) is 1. The SMILES string of the molecule is CC(=O)/C(=C\Nc1ccc(F)cc1)S(=O)(=O)c1ccc(C)cc1.